The van der Waals surface area contributed by atoms with Crippen molar-refractivity contribution < 1.29 is 0 Å². The van der Waals surface area contributed by atoms with E-state index in [1.54, 1.807) is 0 Å². The van der Waals surface area contributed by atoms with E-state index in [9.17, 15) is 0 Å². The highest BCUT2D eigenvalue weighted by molar-refractivity contribution is 6.31. The molecule has 2 unspecified atom stereocenters. The normalized spacial score (nSPS) is 14.2. The maximum absolute atomic E-state index is 6.42. The standard InChI is InChI=1S/C18H18Cl2N2/c1-12(17(21)10-13-2-5-15(19)6-3-13)22-9-8-14-4-7-16(20)11-18(14)22/h2-9,11-12,17H,10,21H2,1H3. The lowest BCUT2D eigenvalue weighted by Gasteiger charge is -2.23. The molecule has 0 bridgehead atoms. The summed E-state index contributed by atoms with van der Waals surface area (Å²) in [5.74, 6) is 0. The van der Waals surface area contributed by atoms with Crippen LogP contribution in [0.4, 0.5) is 0 Å². The summed E-state index contributed by atoms with van der Waals surface area (Å²) in [6, 6.07) is 16.1. The van der Waals surface area contributed by atoms with Gasteiger partial charge in [0.25, 0.3) is 0 Å². The van der Waals surface area contributed by atoms with Crippen LogP contribution in [-0.4, -0.2) is 10.6 Å². The van der Waals surface area contributed by atoms with Gasteiger partial charge in [0.1, 0.15) is 0 Å². The zero-order valence-electron chi connectivity index (χ0n) is 12.3. The Kier molecular flexibility index (Phi) is 4.44. The molecule has 0 saturated heterocycles. The van der Waals surface area contributed by atoms with Crippen LogP contribution in [0, 0.1) is 0 Å². The van der Waals surface area contributed by atoms with Crippen molar-refractivity contribution >= 4 is 34.1 Å². The monoisotopic (exact) mass is 332 g/mol. The van der Waals surface area contributed by atoms with Gasteiger partial charge in [-0.1, -0.05) is 41.4 Å². The second-order valence-electron chi connectivity index (χ2n) is 5.66. The molecule has 0 amide bonds. The molecule has 2 aromatic carbocycles. The molecule has 0 spiro atoms. The van der Waals surface area contributed by atoms with Crippen LogP contribution in [0.1, 0.15) is 18.5 Å². The molecule has 0 radical (unpaired) electrons. The fourth-order valence-corrected chi connectivity index (χ4v) is 3.04. The van der Waals surface area contributed by atoms with Gasteiger partial charge in [0.2, 0.25) is 0 Å². The molecule has 1 aromatic heterocycles. The van der Waals surface area contributed by atoms with Crippen LogP contribution in [0.15, 0.2) is 54.7 Å². The number of nitrogens with zero attached hydrogens (tertiary/aromatic N) is 1. The molecule has 3 rings (SSSR count). The van der Waals surface area contributed by atoms with Crippen molar-refractivity contribution in [2.75, 3.05) is 0 Å². The van der Waals surface area contributed by atoms with E-state index in [0.717, 1.165) is 22.0 Å². The first-order valence-corrected chi connectivity index (χ1v) is 8.06. The molecule has 114 valence electrons. The summed E-state index contributed by atoms with van der Waals surface area (Å²) in [7, 11) is 0. The van der Waals surface area contributed by atoms with Gasteiger partial charge in [-0.2, -0.15) is 0 Å². The molecule has 0 aliphatic heterocycles. The molecule has 3 aromatic rings. The number of benzene rings is 2. The Morgan fingerprint density at radius 1 is 1.00 bits per heavy atom. The lowest BCUT2D eigenvalue weighted by atomic mass is 10.0. The van der Waals surface area contributed by atoms with Crippen molar-refractivity contribution in [1.29, 1.82) is 0 Å². The number of rotatable bonds is 4. The van der Waals surface area contributed by atoms with Crippen molar-refractivity contribution in [3.05, 3.63) is 70.3 Å². The van der Waals surface area contributed by atoms with Gasteiger partial charge in [0, 0.05) is 33.8 Å². The molecule has 1 heterocycles. The molecule has 0 saturated carbocycles. The molecule has 2 nitrogen and oxygen atoms in total. The second-order valence-corrected chi connectivity index (χ2v) is 6.53. The van der Waals surface area contributed by atoms with Gasteiger partial charge in [0.05, 0.1) is 0 Å². The van der Waals surface area contributed by atoms with Crippen molar-refractivity contribution in [2.45, 2.75) is 25.4 Å². The van der Waals surface area contributed by atoms with Gasteiger partial charge in [-0.15, -0.1) is 0 Å². The lowest BCUT2D eigenvalue weighted by molar-refractivity contribution is 0.449. The highest BCUT2D eigenvalue weighted by Crippen LogP contribution is 2.25. The van der Waals surface area contributed by atoms with Crippen LogP contribution in [-0.2, 0) is 6.42 Å². The molecule has 0 aliphatic rings. The van der Waals surface area contributed by atoms with E-state index in [0.29, 0.717) is 0 Å². The van der Waals surface area contributed by atoms with E-state index in [2.05, 4.69) is 23.8 Å². The van der Waals surface area contributed by atoms with Gasteiger partial charge in [-0.3, -0.25) is 0 Å². The van der Waals surface area contributed by atoms with Crippen molar-refractivity contribution in [2.24, 2.45) is 5.73 Å². The molecule has 2 N–H and O–H groups in total. The van der Waals surface area contributed by atoms with E-state index in [1.165, 1.54) is 10.9 Å². The Labute approximate surface area is 140 Å². The first kappa shape index (κ1) is 15.4. The quantitative estimate of drug-likeness (QED) is 0.709. The number of nitrogens with two attached hydrogens (primary N) is 1. The number of fused-ring (bicyclic) bond motifs is 1. The zero-order valence-corrected chi connectivity index (χ0v) is 13.9. The molecule has 0 aliphatic carbocycles. The van der Waals surface area contributed by atoms with Gasteiger partial charge in [-0.05, 0) is 54.6 Å². The van der Waals surface area contributed by atoms with E-state index in [-0.39, 0.29) is 12.1 Å². The first-order chi connectivity index (χ1) is 10.5. The van der Waals surface area contributed by atoms with Crippen molar-refractivity contribution in [3.63, 3.8) is 0 Å². The molecule has 22 heavy (non-hydrogen) atoms. The van der Waals surface area contributed by atoms with Gasteiger partial charge < -0.3 is 10.3 Å². The smallest absolute Gasteiger partial charge is 0.0498 e. The summed E-state index contributed by atoms with van der Waals surface area (Å²) in [5.41, 5.74) is 8.73. The zero-order chi connectivity index (χ0) is 15.7. The fourth-order valence-electron chi connectivity index (χ4n) is 2.75. The minimum atomic E-state index is 0.00996. The number of hydrogen-bond acceptors (Lipinski definition) is 1. The highest BCUT2D eigenvalue weighted by atomic mass is 35.5. The Hall–Kier alpha value is -1.48. The average molecular weight is 333 g/mol. The third-order valence-corrected chi connectivity index (χ3v) is 4.62. The number of halogens is 2. The molecular weight excluding hydrogens is 315 g/mol. The third-order valence-electron chi connectivity index (χ3n) is 4.13. The van der Waals surface area contributed by atoms with Crippen LogP contribution < -0.4 is 5.73 Å². The second kappa shape index (κ2) is 6.33. The largest absolute Gasteiger partial charge is 0.343 e. The summed E-state index contributed by atoms with van der Waals surface area (Å²) < 4.78 is 2.20. The van der Waals surface area contributed by atoms with E-state index >= 15 is 0 Å². The SMILES string of the molecule is CC(C(N)Cc1ccc(Cl)cc1)n1ccc2ccc(Cl)cc21. The Morgan fingerprint density at radius 2 is 1.68 bits per heavy atom. The third kappa shape index (κ3) is 3.14. The molecule has 4 heteroatoms. The van der Waals surface area contributed by atoms with Gasteiger partial charge in [0.15, 0.2) is 0 Å². The summed E-state index contributed by atoms with van der Waals surface area (Å²) in [4.78, 5) is 0. The topological polar surface area (TPSA) is 30.9 Å². The molecular formula is C18H18Cl2N2. The highest BCUT2D eigenvalue weighted by Gasteiger charge is 2.17. The minimum Gasteiger partial charge on any atom is -0.343 e. The van der Waals surface area contributed by atoms with Crippen molar-refractivity contribution in [1.82, 2.24) is 4.57 Å². The summed E-state index contributed by atoms with van der Waals surface area (Å²) in [5, 5.41) is 2.66. The van der Waals surface area contributed by atoms with Crippen LogP contribution in [0.25, 0.3) is 10.9 Å². The number of aromatic nitrogens is 1. The van der Waals surface area contributed by atoms with Gasteiger partial charge in [-0.25, -0.2) is 0 Å². The summed E-state index contributed by atoms with van der Waals surface area (Å²) in [6.07, 6.45) is 2.88. The van der Waals surface area contributed by atoms with E-state index in [4.69, 9.17) is 28.9 Å². The fraction of sp³-hybridized carbons (Fsp3) is 0.222. The Balaban J connectivity index is 1.83. The maximum Gasteiger partial charge on any atom is 0.0498 e. The van der Waals surface area contributed by atoms with Gasteiger partial charge >= 0.3 is 0 Å². The lowest BCUT2D eigenvalue weighted by Crippen LogP contribution is -2.32. The molecule has 2 atom stereocenters. The van der Waals surface area contributed by atoms with Crippen LogP contribution >= 0.6 is 23.2 Å². The van der Waals surface area contributed by atoms with Crippen molar-refractivity contribution in [3.8, 4) is 0 Å². The predicted molar refractivity (Wildman–Crippen MR) is 94.8 cm³/mol. The Bertz CT molecular complexity index is 777. The minimum absolute atomic E-state index is 0.00996. The van der Waals surface area contributed by atoms with Crippen LogP contribution in [0.3, 0.4) is 0 Å². The average Bonchev–Trinajstić information content (AvgIpc) is 2.91. The number of hydrogen-bond donors (Lipinski definition) is 1. The Morgan fingerprint density at radius 3 is 2.41 bits per heavy atom. The van der Waals surface area contributed by atoms with Crippen LogP contribution in [0.5, 0.6) is 0 Å². The first-order valence-electron chi connectivity index (χ1n) is 7.31. The van der Waals surface area contributed by atoms with Crippen LogP contribution in [0.2, 0.25) is 10.0 Å². The predicted octanol–water partition coefficient (Wildman–Crippen LogP) is 5.08. The maximum atomic E-state index is 6.42. The van der Waals surface area contributed by atoms with E-state index < -0.39 is 0 Å². The van der Waals surface area contributed by atoms with E-state index in [1.807, 2.05) is 42.5 Å². The molecule has 0 fully saturated rings. The summed E-state index contributed by atoms with van der Waals surface area (Å²) >= 11 is 12.0. The summed E-state index contributed by atoms with van der Waals surface area (Å²) in [6.45, 7) is 2.14.